The average molecular weight is 460 g/mol. The molecule has 3 aromatic rings. The van der Waals surface area contributed by atoms with Crippen LogP contribution >= 0.6 is 0 Å². The molecule has 170 valence electrons. The zero-order valence-corrected chi connectivity index (χ0v) is 19.2. The summed E-state index contributed by atoms with van der Waals surface area (Å²) in [6, 6.07) is 12.0. The van der Waals surface area contributed by atoms with Gasteiger partial charge in [-0.05, 0) is 63.2 Å². The Labute approximate surface area is 187 Å². The molecular formula is C22H26FN5O3S. The Hall–Kier alpha value is -3.40. The first-order valence-corrected chi connectivity index (χ1v) is 11.6. The molecule has 0 unspecified atom stereocenters. The van der Waals surface area contributed by atoms with Crippen molar-refractivity contribution in [1.29, 1.82) is 0 Å². The maximum absolute atomic E-state index is 13.9. The van der Waals surface area contributed by atoms with E-state index in [4.69, 9.17) is 4.74 Å². The minimum Gasteiger partial charge on any atom is -0.494 e. The number of hydrogen-bond donors (Lipinski definition) is 2. The molecule has 0 aliphatic heterocycles. The molecule has 1 heterocycles. The van der Waals surface area contributed by atoms with Crippen LogP contribution in [0.4, 0.5) is 27.4 Å². The lowest BCUT2D eigenvalue weighted by Gasteiger charge is -2.20. The predicted octanol–water partition coefficient (Wildman–Crippen LogP) is 4.32. The van der Waals surface area contributed by atoms with Crippen LogP contribution in [-0.2, 0) is 10.0 Å². The molecule has 0 radical (unpaired) electrons. The quantitative estimate of drug-likeness (QED) is 0.492. The number of halogens is 1. The lowest BCUT2D eigenvalue weighted by Crippen LogP contribution is -2.23. The molecular weight excluding hydrogens is 433 g/mol. The lowest BCUT2D eigenvalue weighted by atomic mass is 10.3. The summed E-state index contributed by atoms with van der Waals surface area (Å²) in [5.74, 6) is 1.35. The summed E-state index contributed by atoms with van der Waals surface area (Å²) in [7, 11) is -2.64. The summed E-state index contributed by atoms with van der Waals surface area (Å²) < 4.78 is 46.3. The van der Waals surface area contributed by atoms with Gasteiger partial charge in [0.1, 0.15) is 17.5 Å². The molecule has 0 amide bonds. The van der Waals surface area contributed by atoms with Gasteiger partial charge in [-0.2, -0.15) is 0 Å². The topological polar surface area (TPSA) is 96.5 Å². The number of anilines is 4. The van der Waals surface area contributed by atoms with Crippen molar-refractivity contribution >= 4 is 33.0 Å². The van der Waals surface area contributed by atoms with Crippen LogP contribution < -0.4 is 19.7 Å². The zero-order valence-electron chi connectivity index (χ0n) is 18.4. The van der Waals surface area contributed by atoms with Crippen LogP contribution in [0, 0.1) is 12.7 Å². The van der Waals surface area contributed by atoms with Crippen LogP contribution in [0.3, 0.4) is 0 Å². The van der Waals surface area contributed by atoms with Gasteiger partial charge < -0.3 is 15.0 Å². The van der Waals surface area contributed by atoms with Crippen molar-refractivity contribution < 1.29 is 17.5 Å². The van der Waals surface area contributed by atoms with E-state index in [0.717, 1.165) is 30.7 Å². The third kappa shape index (κ3) is 5.44. The molecule has 0 fully saturated rings. The summed E-state index contributed by atoms with van der Waals surface area (Å²) in [6.07, 6.45) is 0. The number of methoxy groups -OCH3 is 1. The van der Waals surface area contributed by atoms with Crippen LogP contribution in [-0.4, -0.2) is 38.6 Å². The molecule has 3 rings (SSSR count). The summed E-state index contributed by atoms with van der Waals surface area (Å²) in [6.45, 7) is 7.62. The van der Waals surface area contributed by atoms with Gasteiger partial charge in [-0.1, -0.05) is 0 Å². The van der Waals surface area contributed by atoms with Crippen molar-refractivity contribution in [3.63, 3.8) is 0 Å². The predicted molar refractivity (Wildman–Crippen MR) is 124 cm³/mol. The van der Waals surface area contributed by atoms with Crippen molar-refractivity contribution in [3.8, 4) is 5.75 Å². The molecule has 0 saturated heterocycles. The maximum Gasteiger partial charge on any atom is 0.262 e. The third-order valence-corrected chi connectivity index (χ3v) is 6.13. The van der Waals surface area contributed by atoms with E-state index >= 15 is 0 Å². The smallest absolute Gasteiger partial charge is 0.262 e. The van der Waals surface area contributed by atoms with Crippen LogP contribution in [0.1, 0.15) is 19.7 Å². The Morgan fingerprint density at radius 2 is 1.66 bits per heavy atom. The van der Waals surface area contributed by atoms with E-state index in [9.17, 15) is 12.8 Å². The highest BCUT2D eigenvalue weighted by Crippen LogP contribution is 2.24. The van der Waals surface area contributed by atoms with Crippen molar-refractivity contribution in [2.45, 2.75) is 25.7 Å². The highest BCUT2D eigenvalue weighted by Gasteiger charge is 2.17. The second-order valence-electron chi connectivity index (χ2n) is 6.94. The number of nitrogens with one attached hydrogen (secondary N) is 2. The minimum absolute atomic E-state index is 0.0245. The highest BCUT2D eigenvalue weighted by molar-refractivity contribution is 7.92. The van der Waals surface area contributed by atoms with E-state index in [2.05, 4.69) is 38.8 Å². The molecule has 8 nitrogen and oxygen atoms in total. The van der Waals surface area contributed by atoms with Gasteiger partial charge >= 0.3 is 0 Å². The van der Waals surface area contributed by atoms with E-state index in [1.807, 2.05) is 13.0 Å². The van der Waals surface area contributed by atoms with Gasteiger partial charge in [0.2, 0.25) is 0 Å². The number of rotatable bonds is 9. The number of ether oxygens (including phenoxy) is 1. The maximum atomic E-state index is 13.9. The normalized spacial score (nSPS) is 11.2. The summed E-state index contributed by atoms with van der Waals surface area (Å²) >= 11 is 0. The van der Waals surface area contributed by atoms with Crippen LogP contribution in [0.5, 0.6) is 5.75 Å². The Balaban J connectivity index is 1.75. The van der Waals surface area contributed by atoms with Crippen molar-refractivity contribution in [2.24, 2.45) is 0 Å². The minimum atomic E-state index is -3.95. The second-order valence-corrected chi connectivity index (χ2v) is 8.62. The Morgan fingerprint density at radius 3 is 2.25 bits per heavy atom. The molecule has 32 heavy (non-hydrogen) atoms. The molecule has 1 aromatic heterocycles. The van der Waals surface area contributed by atoms with Crippen LogP contribution in [0.15, 0.2) is 53.4 Å². The van der Waals surface area contributed by atoms with Crippen LogP contribution in [0.25, 0.3) is 0 Å². The van der Waals surface area contributed by atoms with Crippen molar-refractivity contribution in [3.05, 3.63) is 60.2 Å². The van der Waals surface area contributed by atoms with Gasteiger partial charge in [-0.3, -0.25) is 4.72 Å². The molecule has 0 atom stereocenters. The van der Waals surface area contributed by atoms with Gasteiger partial charge in [0.25, 0.3) is 10.0 Å². The molecule has 0 bridgehead atoms. The zero-order chi connectivity index (χ0) is 23.3. The number of sulfonamides is 1. The lowest BCUT2D eigenvalue weighted by molar-refractivity contribution is 0.385. The number of benzene rings is 2. The first kappa shape index (κ1) is 23.3. The molecule has 0 aliphatic rings. The molecule has 2 N–H and O–H groups in total. The first-order chi connectivity index (χ1) is 15.2. The number of aryl methyl sites for hydroxylation is 1. The second kappa shape index (κ2) is 9.82. The van der Waals surface area contributed by atoms with E-state index in [0.29, 0.717) is 17.3 Å². The number of nitrogens with zero attached hydrogens (tertiary/aromatic N) is 3. The van der Waals surface area contributed by atoms with E-state index in [-0.39, 0.29) is 10.6 Å². The fourth-order valence-electron chi connectivity index (χ4n) is 3.12. The van der Waals surface area contributed by atoms with E-state index in [1.165, 1.54) is 19.2 Å². The van der Waals surface area contributed by atoms with E-state index < -0.39 is 15.8 Å². The Morgan fingerprint density at radius 1 is 1.00 bits per heavy atom. The Bertz CT molecular complexity index is 1180. The van der Waals surface area contributed by atoms with E-state index in [1.54, 1.807) is 24.3 Å². The van der Waals surface area contributed by atoms with Gasteiger partial charge in [0, 0.05) is 30.5 Å². The van der Waals surface area contributed by atoms with Crippen molar-refractivity contribution in [1.82, 2.24) is 9.97 Å². The molecule has 0 spiro atoms. The van der Waals surface area contributed by atoms with Crippen molar-refractivity contribution in [2.75, 3.05) is 35.1 Å². The summed E-state index contributed by atoms with van der Waals surface area (Å²) in [5, 5.41) is 3.21. The fourth-order valence-corrected chi connectivity index (χ4v) is 4.19. The summed E-state index contributed by atoms with van der Waals surface area (Å²) in [5.41, 5.74) is 1.07. The van der Waals surface area contributed by atoms with Gasteiger partial charge in [0.05, 0.1) is 12.0 Å². The Kier molecular flexibility index (Phi) is 7.14. The van der Waals surface area contributed by atoms with Gasteiger partial charge in [-0.15, -0.1) is 0 Å². The molecule has 2 aromatic carbocycles. The third-order valence-electron chi connectivity index (χ3n) is 4.75. The first-order valence-electron chi connectivity index (χ1n) is 10.1. The monoisotopic (exact) mass is 459 g/mol. The highest BCUT2D eigenvalue weighted by atomic mass is 32.2. The largest absolute Gasteiger partial charge is 0.494 e. The van der Waals surface area contributed by atoms with Crippen LogP contribution in [0.2, 0.25) is 0 Å². The average Bonchev–Trinajstić information content (AvgIpc) is 2.75. The molecule has 0 aliphatic carbocycles. The summed E-state index contributed by atoms with van der Waals surface area (Å²) in [4.78, 5) is 10.8. The van der Waals surface area contributed by atoms with Gasteiger partial charge in [-0.25, -0.2) is 22.8 Å². The molecule has 10 heteroatoms. The number of hydrogen-bond acceptors (Lipinski definition) is 7. The SMILES string of the molecule is CCN(CC)c1cc(Nc2ccc(NS(=O)(=O)c3ccc(OC)c(F)c3)cc2)nc(C)n1. The standard InChI is InChI=1S/C22H26FN5O3S/c1-5-28(6-2)22-14-21(24-15(3)25-22)26-16-7-9-17(10-8-16)27-32(29,30)18-11-12-20(31-4)19(23)13-18/h7-14,27H,5-6H2,1-4H3,(H,24,25,26). The van der Waals surface area contributed by atoms with Gasteiger partial charge in [0.15, 0.2) is 11.6 Å². The fraction of sp³-hybridized carbons (Fsp3) is 0.273. The number of aromatic nitrogens is 2. The molecule has 0 saturated carbocycles.